The summed E-state index contributed by atoms with van der Waals surface area (Å²) in [6.45, 7) is 20.7. The first kappa shape index (κ1) is 40.0. The number of pyridine rings is 1. The number of aliphatic carboxylic acids is 3. The Morgan fingerprint density at radius 1 is 0.766 bits per heavy atom. The summed E-state index contributed by atoms with van der Waals surface area (Å²) in [5.74, 6) is -3.54. The van der Waals surface area contributed by atoms with Gasteiger partial charge in [-0.3, -0.25) is 34.0 Å². The van der Waals surface area contributed by atoms with E-state index in [0.717, 1.165) is 0 Å². The molecular formula is C34H57N5O8. The number of esters is 1. The second kappa shape index (κ2) is 15.8. The van der Waals surface area contributed by atoms with E-state index in [0.29, 0.717) is 38.4 Å². The molecule has 47 heavy (non-hydrogen) atoms. The van der Waals surface area contributed by atoms with Crippen LogP contribution < -0.4 is 0 Å². The maximum atomic E-state index is 12.6. The highest BCUT2D eigenvalue weighted by Crippen LogP contribution is 2.56. The molecule has 1 aliphatic heterocycles. The van der Waals surface area contributed by atoms with Crippen LogP contribution in [0.5, 0.6) is 0 Å². The SMILES string of the molecule is COC(=O)c1cccc(CN2CCN(CC(=O)O)CCN(CC(=O)O)CCN(CC(=O)O)C(C(C)(C)C)C2(C(C)(C)C)C(C)(C)C)n1. The first-order valence-electron chi connectivity index (χ1n) is 16.2. The number of carboxylic acids is 3. The number of hydrogen-bond acceptors (Lipinski definition) is 10. The van der Waals surface area contributed by atoms with Crippen molar-refractivity contribution in [1.29, 1.82) is 0 Å². The number of hydrogen-bond donors (Lipinski definition) is 3. The Hall–Kier alpha value is -3.13. The number of carbonyl (C=O) groups excluding carboxylic acids is 1. The van der Waals surface area contributed by atoms with Crippen molar-refractivity contribution in [2.75, 3.05) is 66.0 Å². The lowest BCUT2D eigenvalue weighted by molar-refractivity contribution is -0.178. The largest absolute Gasteiger partial charge is 0.480 e. The van der Waals surface area contributed by atoms with E-state index >= 15 is 0 Å². The minimum Gasteiger partial charge on any atom is -0.480 e. The van der Waals surface area contributed by atoms with Gasteiger partial charge in [-0.05, 0) is 28.4 Å². The predicted molar refractivity (Wildman–Crippen MR) is 178 cm³/mol. The molecule has 0 radical (unpaired) electrons. The lowest BCUT2D eigenvalue weighted by atomic mass is 9.51. The van der Waals surface area contributed by atoms with Gasteiger partial charge in [0.05, 0.1) is 32.4 Å². The average Bonchev–Trinajstić information content (AvgIpc) is 2.90. The zero-order chi connectivity index (χ0) is 36.0. The monoisotopic (exact) mass is 663 g/mol. The molecule has 1 fully saturated rings. The molecule has 266 valence electrons. The zero-order valence-electron chi connectivity index (χ0n) is 30.0. The molecule has 13 heteroatoms. The fourth-order valence-corrected chi connectivity index (χ4v) is 8.08. The van der Waals surface area contributed by atoms with Crippen molar-refractivity contribution in [1.82, 2.24) is 24.6 Å². The van der Waals surface area contributed by atoms with E-state index in [1.165, 1.54) is 7.11 Å². The lowest BCUT2D eigenvalue weighted by Gasteiger charge is -2.67. The van der Waals surface area contributed by atoms with E-state index in [1.54, 1.807) is 17.0 Å². The predicted octanol–water partition coefficient (Wildman–Crippen LogP) is 3.09. The summed E-state index contributed by atoms with van der Waals surface area (Å²) >= 11 is 0. The minimum atomic E-state index is -1.01. The van der Waals surface area contributed by atoms with Gasteiger partial charge in [0.1, 0.15) is 5.69 Å². The molecule has 1 unspecified atom stereocenters. The summed E-state index contributed by atoms with van der Waals surface area (Å²) in [5.41, 5.74) is -1.54. The number of carbonyl (C=O) groups is 4. The van der Waals surface area contributed by atoms with Gasteiger partial charge in [0, 0.05) is 57.4 Å². The topological polar surface area (TPSA) is 164 Å². The highest BCUT2D eigenvalue weighted by Gasteiger charge is 2.63. The molecule has 2 rings (SSSR count). The van der Waals surface area contributed by atoms with Crippen molar-refractivity contribution >= 4 is 23.9 Å². The van der Waals surface area contributed by atoms with Crippen LogP contribution in [0.1, 0.15) is 78.5 Å². The summed E-state index contributed by atoms with van der Waals surface area (Å²) in [6, 6.07) is 4.79. The van der Waals surface area contributed by atoms with Crippen molar-refractivity contribution in [2.24, 2.45) is 16.2 Å². The van der Waals surface area contributed by atoms with Gasteiger partial charge >= 0.3 is 23.9 Å². The Morgan fingerprint density at radius 2 is 1.23 bits per heavy atom. The molecule has 3 N–H and O–H groups in total. The van der Waals surface area contributed by atoms with Crippen LogP contribution in [0.25, 0.3) is 0 Å². The van der Waals surface area contributed by atoms with Crippen LogP contribution in [0.3, 0.4) is 0 Å². The third kappa shape index (κ3) is 10.2. The highest BCUT2D eigenvalue weighted by molar-refractivity contribution is 5.87. The molecule has 0 spiro atoms. The smallest absolute Gasteiger partial charge is 0.356 e. The number of aromatic nitrogens is 1. The molecule has 1 aromatic rings. The Morgan fingerprint density at radius 3 is 1.66 bits per heavy atom. The normalized spacial score (nSPS) is 20.2. The number of carboxylic acid groups (broad SMARTS) is 3. The molecule has 0 bridgehead atoms. The van der Waals surface area contributed by atoms with E-state index in [1.807, 2.05) is 15.9 Å². The van der Waals surface area contributed by atoms with Gasteiger partial charge in [-0.25, -0.2) is 9.78 Å². The van der Waals surface area contributed by atoms with Crippen molar-refractivity contribution < 1.29 is 39.2 Å². The number of rotatable bonds is 9. The second-order valence-electron chi connectivity index (χ2n) is 15.7. The van der Waals surface area contributed by atoms with Crippen molar-refractivity contribution in [2.45, 2.75) is 80.4 Å². The molecule has 0 amide bonds. The Bertz CT molecular complexity index is 1240. The molecule has 1 aromatic heterocycles. The second-order valence-corrected chi connectivity index (χ2v) is 15.7. The van der Waals surface area contributed by atoms with Crippen molar-refractivity contribution in [3.8, 4) is 0 Å². The van der Waals surface area contributed by atoms with E-state index in [2.05, 4.69) is 72.2 Å². The first-order valence-corrected chi connectivity index (χ1v) is 16.2. The molecular weight excluding hydrogens is 606 g/mol. The van der Waals surface area contributed by atoms with Gasteiger partial charge in [-0.15, -0.1) is 0 Å². The summed E-state index contributed by atoms with van der Waals surface area (Å²) in [5, 5.41) is 29.8. The molecule has 2 heterocycles. The first-order chi connectivity index (χ1) is 21.5. The van der Waals surface area contributed by atoms with Gasteiger partial charge in [0.2, 0.25) is 0 Å². The lowest BCUT2D eigenvalue weighted by Crippen LogP contribution is -2.77. The van der Waals surface area contributed by atoms with Crippen molar-refractivity contribution in [3.63, 3.8) is 0 Å². The third-order valence-electron chi connectivity index (χ3n) is 9.10. The van der Waals surface area contributed by atoms with Gasteiger partial charge in [-0.1, -0.05) is 68.4 Å². The molecule has 0 saturated carbocycles. The zero-order valence-corrected chi connectivity index (χ0v) is 30.0. The van der Waals surface area contributed by atoms with E-state index < -0.39 is 51.7 Å². The van der Waals surface area contributed by atoms with Gasteiger partial charge < -0.3 is 20.1 Å². The standard InChI is InChI=1S/C34H57N5O8/c1-31(2,3)30-34(32(4,5)6,33(7,8)9)39(20-24-12-11-13-25(35-24)29(46)47-10)19-17-37(22-27(42)43)15-14-36(21-26(40)41)16-18-38(30)23-28(44)45/h11-13,30H,14-23H2,1-10H3,(H,40,41)(H,42,43)(H,44,45). The summed E-state index contributed by atoms with van der Waals surface area (Å²) < 4.78 is 4.94. The van der Waals surface area contributed by atoms with Gasteiger partial charge in [0.25, 0.3) is 0 Å². The average molecular weight is 664 g/mol. The Balaban J connectivity index is 3.01. The minimum absolute atomic E-state index is 0.169. The molecule has 1 saturated heterocycles. The van der Waals surface area contributed by atoms with E-state index in [9.17, 15) is 34.5 Å². The maximum absolute atomic E-state index is 12.6. The maximum Gasteiger partial charge on any atom is 0.356 e. The fraction of sp³-hybridized carbons (Fsp3) is 0.735. The van der Waals surface area contributed by atoms with Crippen LogP contribution in [-0.4, -0.2) is 141 Å². The third-order valence-corrected chi connectivity index (χ3v) is 9.10. The Labute approximate surface area is 279 Å². The number of ether oxygens (including phenoxy) is 1. The van der Waals surface area contributed by atoms with E-state index in [4.69, 9.17) is 4.74 Å². The van der Waals surface area contributed by atoms with E-state index in [-0.39, 0.29) is 38.4 Å². The van der Waals surface area contributed by atoms with Gasteiger partial charge in [0.15, 0.2) is 0 Å². The molecule has 1 atom stereocenters. The van der Waals surface area contributed by atoms with Crippen LogP contribution in [0.2, 0.25) is 0 Å². The Kier molecular flexibility index (Phi) is 13.5. The molecule has 0 aliphatic carbocycles. The van der Waals surface area contributed by atoms with Crippen LogP contribution in [0.15, 0.2) is 18.2 Å². The number of nitrogens with zero attached hydrogens (tertiary/aromatic N) is 5. The molecule has 1 aliphatic rings. The van der Waals surface area contributed by atoms with Gasteiger partial charge in [-0.2, -0.15) is 0 Å². The molecule has 0 aromatic carbocycles. The van der Waals surface area contributed by atoms with Crippen LogP contribution >= 0.6 is 0 Å². The van der Waals surface area contributed by atoms with Crippen LogP contribution in [-0.2, 0) is 25.7 Å². The van der Waals surface area contributed by atoms with Crippen LogP contribution in [0, 0.1) is 16.2 Å². The quantitative estimate of drug-likeness (QED) is 0.331. The van der Waals surface area contributed by atoms with Crippen LogP contribution in [0.4, 0.5) is 0 Å². The highest BCUT2D eigenvalue weighted by atomic mass is 16.5. The summed E-state index contributed by atoms with van der Waals surface area (Å²) in [4.78, 5) is 61.4. The van der Waals surface area contributed by atoms with Crippen molar-refractivity contribution in [3.05, 3.63) is 29.6 Å². The summed E-state index contributed by atoms with van der Waals surface area (Å²) in [6.07, 6.45) is 0. The number of methoxy groups -OCH3 is 1. The molecule has 13 nitrogen and oxygen atoms in total. The summed E-state index contributed by atoms with van der Waals surface area (Å²) in [7, 11) is 1.30. The fourth-order valence-electron chi connectivity index (χ4n) is 8.08.